The highest BCUT2D eigenvalue weighted by Gasteiger charge is 2.63. The summed E-state index contributed by atoms with van der Waals surface area (Å²) in [5.41, 5.74) is 6.25. The first-order valence-corrected chi connectivity index (χ1v) is 10.2. The number of nitrogens with two attached hydrogens (primary N) is 1. The fourth-order valence-electron chi connectivity index (χ4n) is 3.83. The smallest absolute Gasteiger partial charge is 0.249 e. The molecular formula is C18H23N7O3S. The summed E-state index contributed by atoms with van der Waals surface area (Å²) in [6, 6.07) is 6.50. The molecular weight excluding hydrogens is 394 g/mol. The van der Waals surface area contributed by atoms with E-state index in [-0.39, 0.29) is 34.4 Å². The van der Waals surface area contributed by atoms with Gasteiger partial charge in [-0.1, -0.05) is 18.2 Å². The van der Waals surface area contributed by atoms with Gasteiger partial charge in [-0.3, -0.25) is 9.59 Å². The zero-order chi connectivity index (χ0) is 20.6. The predicted molar refractivity (Wildman–Crippen MR) is 106 cm³/mol. The van der Waals surface area contributed by atoms with E-state index in [1.165, 1.54) is 0 Å². The number of amides is 2. The van der Waals surface area contributed by atoms with Crippen LogP contribution >= 0.6 is 11.8 Å². The van der Waals surface area contributed by atoms with Crippen molar-refractivity contribution >= 4 is 23.6 Å². The predicted octanol–water partition coefficient (Wildman–Crippen LogP) is -0.000500. The molecule has 2 aromatic rings. The normalized spacial score (nSPS) is 24.7. The number of ether oxygens (including phenoxy) is 1. The highest BCUT2D eigenvalue weighted by molar-refractivity contribution is 8.01. The SMILES string of the molecule is CC1(C)S[C@@H]2C(NC(=O)Cc3ccccc3OCCN)C(=O)N2C1c1nnn[nH]1. The molecule has 2 amide bonds. The Bertz CT molecular complexity index is 905. The third kappa shape index (κ3) is 3.55. The molecule has 4 N–H and O–H groups in total. The van der Waals surface area contributed by atoms with Crippen LogP contribution in [0.3, 0.4) is 0 Å². The van der Waals surface area contributed by atoms with Crippen molar-refractivity contribution in [2.45, 2.75) is 42.5 Å². The number of tetrazole rings is 1. The lowest BCUT2D eigenvalue weighted by Gasteiger charge is -2.44. The van der Waals surface area contributed by atoms with E-state index in [9.17, 15) is 9.59 Å². The molecule has 0 spiro atoms. The number of H-pyrrole nitrogens is 1. The average molecular weight is 417 g/mol. The first kappa shape index (κ1) is 19.6. The van der Waals surface area contributed by atoms with Gasteiger partial charge in [-0.15, -0.1) is 16.9 Å². The van der Waals surface area contributed by atoms with Crippen molar-refractivity contribution in [2.24, 2.45) is 5.73 Å². The van der Waals surface area contributed by atoms with Gasteiger partial charge in [0, 0.05) is 16.9 Å². The molecule has 1 aromatic carbocycles. The summed E-state index contributed by atoms with van der Waals surface area (Å²) >= 11 is 1.63. The summed E-state index contributed by atoms with van der Waals surface area (Å²) in [7, 11) is 0. The largest absolute Gasteiger partial charge is 0.492 e. The van der Waals surface area contributed by atoms with E-state index in [1.54, 1.807) is 22.7 Å². The first-order valence-electron chi connectivity index (χ1n) is 9.36. The van der Waals surface area contributed by atoms with Crippen molar-refractivity contribution in [1.82, 2.24) is 30.8 Å². The molecule has 4 rings (SSSR count). The minimum Gasteiger partial charge on any atom is -0.492 e. The molecule has 2 fully saturated rings. The molecule has 0 aliphatic carbocycles. The molecule has 0 saturated carbocycles. The lowest BCUT2D eigenvalue weighted by Crippen LogP contribution is -2.68. The monoisotopic (exact) mass is 417 g/mol. The summed E-state index contributed by atoms with van der Waals surface area (Å²) in [6.45, 7) is 4.85. The van der Waals surface area contributed by atoms with Crippen LogP contribution in [0.25, 0.3) is 0 Å². The van der Waals surface area contributed by atoms with Crippen LogP contribution in [0.1, 0.15) is 31.3 Å². The number of para-hydroxylation sites is 1. The number of carbonyl (C=O) groups is 2. The zero-order valence-electron chi connectivity index (χ0n) is 16.2. The van der Waals surface area contributed by atoms with E-state index in [0.717, 1.165) is 5.56 Å². The molecule has 29 heavy (non-hydrogen) atoms. The number of fused-ring (bicyclic) bond motifs is 1. The van der Waals surface area contributed by atoms with E-state index in [1.807, 2.05) is 32.0 Å². The summed E-state index contributed by atoms with van der Waals surface area (Å²) in [5, 5.41) is 16.7. The van der Waals surface area contributed by atoms with Gasteiger partial charge in [-0.25, -0.2) is 5.10 Å². The molecule has 11 heteroatoms. The second kappa shape index (κ2) is 7.64. The van der Waals surface area contributed by atoms with Gasteiger partial charge in [0.1, 0.15) is 29.8 Å². The minimum absolute atomic E-state index is 0.126. The number of β-lactam (4-membered cyclic amide) rings is 1. The number of carbonyl (C=O) groups excluding carboxylic acids is 2. The van der Waals surface area contributed by atoms with Crippen LogP contribution in [0, 0.1) is 0 Å². The molecule has 3 atom stereocenters. The zero-order valence-corrected chi connectivity index (χ0v) is 17.0. The number of nitrogens with zero attached hydrogens (tertiary/aromatic N) is 4. The molecule has 2 unspecified atom stereocenters. The van der Waals surface area contributed by atoms with Crippen molar-refractivity contribution in [2.75, 3.05) is 13.2 Å². The lowest BCUT2D eigenvalue weighted by atomic mass is 9.95. The van der Waals surface area contributed by atoms with Crippen molar-refractivity contribution < 1.29 is 14.3 Å². The number of aromatic amines is 1. The van der Waals surface area contributed by atoms with Crippen molar-refractivity contribution in [3.63, 3.8) is 0 Å². The number of hydrogen-bond acceptors (Lipinski definition) is 8. The van der Waals surface area contributed by atoms with Gasteiger partial charge >= 0.3 is 0 Å². The molecule has 0 radical (unpaired) electrons. The number of benzene rings is 1. The Kier molecular flexibility index (Phi) is 5.17. The van der Waals surface area contributed by atoms with Gasteiger partial charge in [0.25, 0.3) is 0 Å². The molecule has 0 bridgehead atoms. The Morgan fingerprint density at radius 1 is 1.41 bits per heavy atom. The first-order chi connectivity index (χ1) is 13.9. The van der Waals surface area contributed by atoms with Crippen molar-refractivity contribution in [3.05, 3.63) is 35.7 Å². The van der Waals surface area contributed by atoms with E-state index in [4.69, 9.17) is 10.5 Å². The van der Waals surface area contributed by atoms with Gasteiger partial charge in [0.15, 0.2) is 5.82 Å². The molecule has 154 valence electrons. The third-order valence-electron chi connectivity index (χ3n) is 5.08. The van der Waals surface area contributed by atoms with Crippen LogP contribution < -0.4 is 15.8 Å². The van der Waals surface area contributed by atoms with E-state index in [2.05, 4.69) is 25.9 Å². The molecule has 1 aromatic heterocycles. The van der Waals surface area contributed by atoms with Crippen LogP contribution in [0.4, 0.5) is 0 Å². The van der Waals surface area contributed by atoms with E-state index in [0.29, 0.717) is 24.7 Å². The van der Waals surface area contributed by atoms with E-state index < -0.39 is 6.04 Å². The van der Waals surface area contributed by atoms with Crippen LogP contribution in [-0.2, 0) is 16.0 Å². The summed E-state index contributed by atoms with van der Waals surface area (Å²) in [6.07, 6.45) is 0.126. The topological polar surface area (TPSA) is 139 Å². The minimum atomic E-state index is -0.565. The van der Waals surface area contributed by atoms with Crippen LogP contribution in [0.5, 0.6) is 5.75 Å². The lowest BCUT2D eigenvalue weighted by molar-refractivity contribution is -0.151. The molecule has 2 saturated heterocycles. The summed E-state index contributed by atoms with van der Waals surface area (Å²) < 4.78 is 5.31. The van der Waals surface area contributed by atoms with Gasteiger partial charge in [0.05, 0.1) is 6.42 Å². The Labute approximate surface area is 171 Å². The molecule has 10 nitrogen and oxygen atoms in total. The second-order valence-electron chi connectivity index (χ2n) is 7.51. The molecule has 3 heterocycles. The molecule has 2 aliphatic heterocycles. The fraction of sp³-hybridized carbons (Fsp3) is 0.500. The number of aromatic nitrogens is 4. The number of nitrogens with one attached hydrogen (secondary N) is 2. The highest BCUT2D eigenvalue weighted by atomic mass is 32.2. The maximum absolute atomic E-state index is 12.8. The van der Waals surface area contributed by atoms with E-state index >= 15 is 0 Å². The Balaban J connectivity index is 1.43. The van der Waals surface area contributed by atoms with Gasteiger partial charge in [0.2, 0.25) is 11.8 Å². The van der Waals surface area contributed by atoms with Crippen molar-refractivity contribution in [3.8, 4) is 5.75 Å². The number of thioether (sulfide) groups is 1. The van der Waals surface area contributed by atoms with Crippen molar-refractivity contribution in [1.29, 1.82) is 0 Å². The van der Waals surface area contributed by atoms with Gasteiger partial charge < -0.3 is 20.7 Å². The standard InChI is InChI=1S/C18H23N7O3S/c1-18(2)14(15-21-23-24-22-15)25-16(27)13(17(25)29-18)20-12(26)9-10-5-3-4-6-11(10)28-8-7-19/h3-6,13-14,17H,7-9,19H2,1-2H3,(H,20,26)(H,21,22,23,24)/t13?,14?,17-/m1/s1. The maximum atomic E-state index is 12.8. The summed E-state index contributed by atoms with van der Waals surface area (Å²) in [5.74, 6) is 0.823. The maximum Gasteiger partial charge on any atom is 0.249 e. The third-order valence-corrected chi connectivity index (χ3v) is 6.65. The number of rotatable bonds is 7. The van der Waals surface area contributed by atoms with Crippen LogP contribution in [0.15, 0.2) is 24.3 Å². The Morgan fingerprint density at radius 3 is 2.93 bits per heavy atom. The Morgan fingerprint density at radius 2 is 2.21 bits per heavy atom. The number of hydrogen-bond donors (Lipinski definition) is 3. The fourth-order valence-corrected chi connectivity index (χ4v) is 5.47. The summed E-state index contributed by atoms with van der Waals surface area (Å²) in [4.78, 5) is 27.2. The second-order valence-corrected chi connectivity index (χ2v) is 9.28. The van der Waals surface area contributed by atoms with Crippen LogP contribution in [-0.4, -0.2) is 66.7 Å². The average Bonchev–Trinajstić information content (AvgIpc) is 3.29. The highest BCUT2D eigenvalue weighted by Crippen LogP contribution is 2.56. The Hall–Kier alpha value is -2.66. The van der Waals surface area contributed by atoms with Gasteiger partial charge in [-0.2, -0.15) is 0 Å². The van der Waals surface area contributed by atoms with Crippen LogP contribution in [0.2, 0.25) is 0 Å². The molecule has 2 aliphatic rings. The van der Waals surface area contributed by atoms with Gasteiger partial charge in [-0.05, 0) is 30.3 Å². The quantitative estimate of drug-likeness (QED) is 0.535.